The van der Waals surface area contributed by atoms with Gasteiger partial charge in [0.2, 0.25) is 0 Å². The van der Waals surface area contributed by atoms with E-state index < -0.39 is 5.41 Å². The largest absolute Gasteiger partial charge is 0.472 e. The number of cyclic esters (lactones) is 1. The van der Waals surface area contributed by atoms with Gasteiger partial charge in [-0.1, -0.05) is 25.5 Å². The monoisotopic (exact) mass is 314 g/mol. The van der Waals surface area contributed by atoms with Crippen LogP contribution in [-0.2, 0) is 9.53 Å². The first-order chi connectivity index (χ1) is 10.9. The van der Waals surface area contributed by atoms with Crippen LogP contribution in [0.25, 0.3) is 0 Å². The van der Waals surface area contributed by atoms with Crippen LogP contribution in [0.3, 0.4) is 0 Å². The van der Waals surface area contributed by atoms with Gasteiger partial charge < -0.3 is 9.15 Å². The third kappa shape index (κ3) is 1.91. The summed E-state index contributed by atoms with van der Waals surface area (Å²) in [6, 6.07) is 1.92. The van der Waals surface area contributed by atoms with Gasteiger partial charge in [-0.05, 0) is 56.9 Å². The van der Waals surface area contributed by atoms with Crippen LogP contribution < -0.4 is 0 Å². The van der Waals surface area contributed by atoms with Gasteiger partial charge in [0.15, 0.2) is 0 Å². The van der Waals surface area contributed by atoms with E-state index >= 15 is 0 Å². The highest BCUT2D eigenvalue weighted by Gasteiger charge is 2.63. The molecule has 0 aromatic carbocycles. The summed E-state index contributed by atoms with van der Waals surface area (Å²) in [5.74, 6) is -0.0361. The number of rotatable bonds is 1. The zero-order valence-corrected chi connectivity index (χ0v) is 14.4. The third-order valence-electron chi connectivity index (χ3n) is 7.13. The molecule has 0 bridgehead atoms. The van der Waals surface area contributed by atoms with E-state index in [1.54, 1.807) is 12.5 Å². The van der Waals surface area contributed by atoms with Crippen molar-refractivity contribution in [3.63, 3.8) is 0 Å². The Labute approximate surface area is 138 Å². The molecule has 1 saturated carbocycles. The summed E-state index contributed by atoms with van der Waals surface area (Å²) in [5, 5.41) is 0. The maximum atomic E-state index is 13.0. The Hall–Kier alpha value is -1.51. The van der Waals surface area contributed by atoms with Crippen LogP contribution in [0.1, 0.15) is 71.0 Å². The number of esters is 1. The molecule has 0 radical (unpaired) electrons. The Bertz CT molecular complexity index is 658. The fourth-order valence-electron chi connectivity index (χ4n) is 5.35. The predicted molar refractivity (Wildman–Crippen MR) is 87.6 cm³/mol. The summed E-state index contributed by atoms with van der Waals surface area (Å²) in [5.41, 5.74) is 2.21. The van der Waals surface area contributed by atoms with E-state index in [4.69, 9.17) is 9.15 Å². The number of ether oxygens (including phenoxy) is 1. The lowest BCUT2D eigenvalue weighted by Gasteiger charge is -2.60. The Morgan fingerprint density at radius 3 is 2.70 bits per heavy atom. The number of fused-ring (bicyclic) bond motifs is 3. The van der Waals surface area contributed by atoms with Gasteiger partial charge in [0.25, 0.3) is 0 Å². The van der Waals surface area contributed by atoms with Crippen molar-refractivity contribution >= 4 is 5.97 Å². The molecule has 0 unspecified atom stereocenters. The zero-order chi connectivity index (χ0) is 16.3. The van der Waals surface area contributed by atoms with Crippen LogP contribution in [0.4, 0.5) is 0 Å². The SMILES string of the molecule is C[C@]12CCCC=C1[C@@]1(C)C[C@@H](c3ccoc3)OC(=O)[C@]1(C)CC2. The Morgan fingerprint density at radius 1 is 1.13 bits per heavy atom. The van der Waals surface area contributed by atoms with Crippen molar-refractivity contribution in [3.05, 3.63) is 35.8 Å². The smallest absolute Gasteiger partial charge is 0.313 e. The molecule has 4 atom stereocenters. The van der Waals surface area contributed by atoms with Crippen molar-refractivity contribution in [2.24, 2.45) is 16.2 Å². The Balaban J connectivity index is 1.80. The van der Waals surface area contributed by atoms with Crippen LogP contribution in [0.5, 0.6) is 0 Å². The van der Waals surface area contributed by atoms with E-state index in [1.807, 2.05) is 6.07 Å². The van der Waals surface area contributed by atoms with Crippen molar-refractivity contribution in [1.29, 1.82) is 0 Å². The fraction of sp³-hybridized carbons (Fsp3) is 0.650. The van der Waals surface area contributed by atoms with Gasteiger partial charge in [-0.3, -0.25) is 4.79 Å². The Kier molecular flexibility index (Phi) is 3.11. The molecule has 1 aliphatic heterocycles. The van der Waals surface area contributed by atoms with Crippen LogP contribution in [0, 0.1) is 16.2 Å². The fourth-order valence-corrected chi connectivity index (χ4v) is 5.35. The van der Waals surface area contributed by atoms with Crippen LogP contribution in [0.15, 0.2) is 34.7 Å². The van der Waals surface area contributed by atoms with Crippen LogP contribution in [-0.4, -0.2) is 5.97 Å². The lowest BCUT2D eigenvalue weighted by atomic mass is 9.45. The Morgan fingerprint density at radius 2 is 1.96 bits per heavy atom. The molecule has 2 heterocycles. The van der Waals surface area contributed by atoms with E-state index in [9.17, 15) is 4.79 Å². The predicted octanol–water partition coefficient (Wildman–Crippen LogP) is 5.19. The molecule has 4 rings (SSSR count). The van der Waals surface area contributed by atoms with E-state index in [0.29, 0.717) is 0 Å². The molecule has 3 heteroatoms. The molecule has 2 fully saturated rings. The highest BCUT2D eigenvalue weighted by Crippen LogP contribution is 2.67. The zero-order valence-electron chi connectivity index (χ0n) is 14.4. The second kappa shape index (κ2) is 4.75. The normalized spacial score (nSPS) is 43.2. The molecule has 1 aromatic heterocycles. The van der Waals surface area contributed by atoms with Gasteiger partial charge in [0.1, 0.15) is 6.10 Å². The molecule has 0 spiro atoms. The number of allylic oxidation sites excluding steroid dienone is 2. The van der Waals surface area contributed by atoms with Gasteiger partial charge in [-0.2, -0.15) is 0 Å². The molecule has 3 aliphatic rings. The lowest BCUT2D eigenvalue weighted by Crippen LogP contribution is -2.57. The van der Waals surface area contributed by atoms with E-state index in [2.05, 4.69) is 26.8 Å². The highest BCUT2D eigenvalue weighted by atomic mass is 16.5. The molecule has 3 nitrogen and oxygen atoms in total. The molecule has 124 valence electrons. The number of hydrogen-bond donors (Lipinski definition) is 0. The first-order valence-electron chi connectivity index (χ1n) is 8.83. The maximum Gasteiger partial charge on any atom is 0.313 e. The second-order valence-electron chi connectivity index (χ2n) is 8.39. The van der Waals surface area contributed by atoms with E-state index in [-0.39, 0.29) is 22.9 Å². The molecular weight excluding hydrogens is 288 g/mol. The lowest BCUT2D eigenvalue weighted by molar-refractivity contribution is -0.191. The maximum absolute atomic E-state index is 13.0. The van der Waals surface area contributed by atoms with E-state index in [1.165, 1.54) is 18.4 Å². The summed E-state index contributed by atoms with van der Waals surface area (Å²) in [6.45, 7) is 6.82. The quantitative estimate of drug-likeness (QED) is 0.529. The van der Waals surface area contributed by atoms with Crippen molar-refractivity contribution in [1.82, 2.24) is 0 Å². The third-order valence-corrected chi connectivity index (χ3v) is 7.13. The van der Waals surface area contributed by atoms with Crippen molar-refractivity contribution in [2.45, 2.75) is 65.4 Å². The van der Waals surface area contributed by atoms with Gasteiger partial charge >= 0.3 is 5.97 Å². The first kappa shape index (κ1) is 15.0. The number of hydrogen-bond acceptors (Lipinski definition) is 3. The van der Waals surface area contributed by atoms with Crippen LogP contribution >= 0.6 is 0 Å². The number of carbonyl (C=O) groups is 1. The average molecular weight is 314 g/mol. The minimum Gasteiger partial charge on any atom is -0.472 e. The molecular formula is C20H26O3. The van der Waals surface area contributed by atoms with Crippen LogP contribution in [0.2, 0.25) is 0 Å². The molecule has 23 heavy (non-hydrogen) atoms. The van der Waals surface area contributed by atoms with Gasteiger partial charge in [0.05, 0.1) is 17.9 Å². The summed E-state index contributed by atoms with van der Waals surface area (Å²) < 4.78 is 11.1. The van der Waals surface area contributed by atoms with Crippen molar-refractivity contribution < 1.29 is 13.9 Å². The minimum atomic E-state index is -0.407. The molecule has 1 aromatic rings. The summed E-state index contributed by atoms with van der Waals surface area (Å²) in [6.07, 6.45) is 12.1. The first-order valence-corrected chi connectivity index (χ1v) is 8.83. The van der Waals surface area contributed by atoms with Gasteiger partial charge in [-0.25, -0.2) is 0 Å². The van der Waals surface area contributed by atoms with Gasteiger partial charge in [-0.15, -0.1) is 0 Å². The second-order valence-corrected chi connectivity index (χ2v) is 8.39. The van der Waals surface area contributed by atoms with Crippen molar-refractivity contribution in [2.75, 3.05) is 0 Å². The standard InChI is InChI=1S/C20H26O3/c1-18-8-5-4-6-16(18)20(3)12-15(14-7-11-22-13-14)23-17(21)19(20,2)10-9-18/h6-7,11,13,15H,4-5,8-10,12H2,1-3H3/t15-,18+,19-,20+/m0/s1. The molecule has 0 N–H and O–H groups in total. The number of carbonyl (C=O) groups excluding carboxylic acids is 1. The molecule has 0 amide bonds. The summed E-state index contributed by atoms with van der Waals surface area (Å²) in [4.78, 5) is 13.0. The average Bonchev–Trinajstić information content (AvgIpc) is 3.04. The van der Waals surface area contributed by atoms with Crippen molar-refractivity contribution in [3.8, 4) is 0 Å². The topological polar surface area (TPSA) is 39.4 Å². The highest BCUT2D eigenvalue weighted by molar-refractivity contribution is 5.80. The minimum absolute atomic E-state index is 0.0361. The van der Waals surface area contributed by atoms with Gasteiger partial charge in [0, 0.05) is 11.0 Å². The summed E-state index contributed by atoms with van der Waals surface area (Å²) >= 11 is 0. The molecule has 2 aliphatic carbocycles. The molecule has 1 saturated heterocycles. The number of furan rings is 1. The van der Waals surface area contributed by atoms with E-state index in [0.717, 1.165) is 31.2 Å². The summed E-state index contributed by atoms with van der Waals surface area (Å²) in [7, 11) is 0.